The summed E-state index contributed by atoms with van der Waals surface area (Å²) in [7, 11) is 0. The maximum Gasteiger partial charge on any atom is 0.213 e. The van der Waals surface area contributed by atoms with E-state index in [2.05, 4.69) is 5.32 Å². The van der Waals surface area contributed by atoms with Crippen molar-refractivity contribution in [2.45, 2.75) is 31.2 Å². The average Bonchev–Trinajstić information content (AvgIpc) is 2.57. The fraction of sp³-hybridized carbons (Fsp3) is 0.412. The van der Waals surface area contributed by atoms with Gasteiger partial charge in [-0.3, -0.25) is 9.59 Å². The van der Waals surface area contributed by atoms with Crippen LogP contribution >= 0.6 is 0 Å². The molecule has 1 aromatic carbocycles. The van der Waals surface area contributed by atoms with Gasteiger partial charge in [0.25, 0.3) is 0 Å². The lowest BCUT2D eigenvalue weighted by atomic mass is 9.73. The van der Waals surface area contributed by atoms with Crippen LogP contribution in [0.1, 0.15) is 44.9 Å². The number of nitrogens with one attached hydrogen (secondary N) is 1. The number of ketones is 2. The Balaban J connectivity index is 2.24. The molecule has 0 spiro atoms. The number of phenolic OH excluding ortho intramolecular Hbond substituents is 2. The zero-order chi connectivity index (χ0) is 19.4. The molecular weight excluding hydrogens is 346 g/mol. The molecule has 0 fully saturated rings. The Hall–Kier alpha value is -2.46. The van der Waals surface area contributed by atoms with Gasteiger partial charge in [0.15, 0.2) is 5.78 Å². The maximum atomic E-state index is 12.6. The fourth-order valence-electron chi connectivity index (χ4n) is 3.44. The summed E-state index contributed by atoms with van der Waals surface area (Å²) in [5.41, 5.74) is -3.31. The van der Waals surface area contributed by atoms with Crippen molar-refractivity contribution in [3.05, 3.63) is 34.0 Å². The van der Waals surface area contributed by atoms with Gasteiger partial charge in [0, 0.05) is 30.2 Å². The van der Waals surface area contributed by atoms with Crippen LogP contribution < -0.4 is 5.32 Å². The number of fused-ring (bicyclic) bond motifs is 2. The molecule has 0 saturated heterocycles. The molecule has 0 amide bonds. The largest absolute Gasteiger partial charge is 0.507 e. The highest BCUT2D eigenvalue weighted by molar-refractivity contribution is 6.26. The smallest absolute Gasteiger partial charge is 0.213 e. The molecule has 7 N–H and O–H groups in total. The third kappa shape index (κ3) is 2.48. The second kappa shape index (κ2) is 6.06. The molecule has 0 bridgehead atoms. The minimum atomic E-state index is -1.82. The van der Waals surface area contributed by atoms with E-state index in [9.17, 15) is 35.1 Å². The van der Waals surface area contributed by atoms with Crippen LogP contribution in [0.3, 0.4) is 0 Å². The number of phenols is 2. The molecule has 3 atom stereocenters. The van der Waals surface area contributed by atoms with Crippen molar-refractivity contribution in [1.82, 2.24) is 5.32 Å². The van der Waals surface area contributed by atoms with Crippen molar-refractivity contribution >= 4 is 11.6 Å². The molecular formula is C17H19NO8. The van der Waals surface area contributed by atoms with Gasteiger partial charge in [0.2, 0.25) is 5.78 Å². The van der Waals surface area contributed by atoms with Crippen LogP contribution in [0.2, 0.25) is 0 Å². The first-order valence-corrected chi connectivity index (χ1v) is 7.96. The number of hydrogen-bond donors (Lipinski definition) is 7. The summed E-state index contributed by atoms with van der Waals surface area (Å²) >= 11 is 0. The fourth-order valence-corrected chi connectivity index (χ4v) is 3.44. The van der Waals surface area contributed by atoms with Crippen LogP contribution in [0.4, 0.5) is 0 Å². The van der Waals surface area contributed by atoms with Crippen LogP contribution in [0, 0.1) is 0 Å². The number of aliphatic hydroxyl groups is 4. The van der Waals surface area contributed by atoms with Crippen LogP contribution in [0.25, 0.3) is 0 Å². The average molecular weight is 365 g/mol. The summed E-state index contributed by atoms with van der Waals surface area (Å²) in [6, 6.07) is 0. The molecule has 2 aliphatic carbocycles. The van der Waals surface area contributed by atoms with Crippen LogP contribution in [-0.4, -0.2) is 67.1 Å². The SMILES string of the molecule is CC1(O)Cc2c(O)c3c(c(O)c2C(O)C1O)C(=O)C=C(NCCO)C3=O. The molecule has 9 nitrogen and oxygen atoms in total. The molecule has 2 aliphatic rings. The zero-order valence-corrected chi connectivity index (χ0v) is 13.9. The zero-order valence-electron chi connectivity index (χ0n) is 13.9. The van der Waals surface area contributed by atoms with Gasteiger partial charge in [-0.25, -0.2) is 0 Å². The maximum absolute atomic E-state index is 12.6. The van der Waals surface area contributed by atoms with Crippen molar-refractivity contribution in [1.29, 1.82) is 0 Å². The number of Topliss-reactive ketones (excluding diaryl/α,β-unsaturated/α-hetero) is 1. The monoisotopic (exact) mass is 365 g/mol. The molecule has 3 rings (SSSR count). The first-order valence-electron chi connectivity index (χ1n) is 7.96. The van der Waals surface area contributed by atoms with Crippen molar-refractivity contribution in [2.75, 3.05) is 13.2 Å². The van der Waals surface area contributed by atoms with Crippen LogP contribution in [-0.2, 0) is 6.42 Å². The number of aliphatic hydroxyl groups excluding tert-OH is 3. The van der Waals surface area contributed by atoms with E-state index in [0.29, 0.717) is 0 Å². The third-order valence-electron chi connectivity index (χ3n) is 4.78. The molecule has 0 radical (unpaired) electrons. The van der Waals surface area contributed by atoms with Crippen molar-refractivity contribution in [3.63, 3.8) is 0 Å². The Morgan fingerprint density at radius 2 is 1.85 bits per heavy atom. The van der Waals surface area contributed by atoms with E-state index in [4.69, 9.17) is 5.11 Å². The van der Waals surface area contributed by atoms with Gasteiger partial charge in [0.1, 0.15) is 23.7 Å². The standard InChI is InChI=1S/C17H19NO8/c1-17(26)5-6-9(15(24)16(17)25)14(23)10-8(20)4-7(18-2-3-19)13(22)11(10)12(6)21/h4,15-16,18-19,21,23-26H,2-3,5H2,1H3. The minimum absolute atomic E-state index is 0.00249. The van der Waals surface area contributed by atoms with Gasteiger partial charge in [-0.15, -0.1) is 0 Å². The summed E-state index contributed by atoms with van der Waals surface area (Å²) in [4.78, 5) is 25.0. The Labute approximate surface area is 147 Å². The van der Waals surface area contributed by atoms with Crippen molar-refractivity contribution < 1.29 is 40.2 Å². The number of carbonyl (C=O) groups is 2. The summed E-state index contributed by atoms with van der Waals surface area (Å²) in [6.45, 7) is 0.943. The lowest BCUT2D eigenvalue weighted by Crippen LogP contribution is -2.48. The van der Waals surface area contributed by atoms with Crippen molar-refractivity contribution in [2.24, 2.45) is 0 Å². The van der Waals surface area contributed by atoms with E-state index >= 15 is 0 Å². The minimum Gasteiger partial charge on any atom is -0.507 e. The molecule has 0 aliphatic heterocycles. The van der Waals surface area contributed by atoms with Gasteiger partial charge < -0.3 is 36.0 Å². The molecule has 26 heavy (non-hydrogen) atoms. The summed E-state index contributed by atoms with van der Waals surface area (Å²) in [5.74, 6) is -2.92. The van der Waals surface area contributed by atoms with Gasteiger partial charge in [-0.05, 0) is 6.92 Å². The molecule has 0 aromatic heterocycles. The number of hydrogen-bond acceptors (Lipinski definition) is 9. The highest BCUT2D eigenvalue weighted by atomic mass is 16.4. The van der Waals surface area contributed by atoms with Crippen LogP contribution in [0.15, 0.2) is 11.8 Å². The quantitative estimate of drug-likeness (QED) is 0.320. The van der Waals surface area contributed by atoms with Gasteiger partial charge in [0.05, 0.1) is 29.0 Å². The topological polar surface area (TPSA) is 168 Å². The first kappa shape index (κ1) is 18.3. The van der Waals surface area contributed by atoms with Crippen LogP contribution in [0.5, 0.6) is 11.5 Å². The normalized spacial score (nSPS) is 27.7. The second-order valence-corrected chi connectivity index (χ2v) is 6.66. The Morgan fingerprint density at radius 1 is 1.19 bits per heavy atom. The lowest BCUT2D eigenvalue weighted by molar-refractivity contribution is -0.126. The molecule has 3 unspecified atom stereocenters. The molecule has 9 heteroatoms. The van der Waals surface area contributed by atoms with E-state index in [1.165, 1.54) is 6.92 Å². The molecule has 140 valence electrons. The number of benzene rings is 1. The number of rotatable bonds is 3. The predicted octanol–water partition coefficient (Wildman–Crippen LogP) is -1.36. The molecule has 0 heterocycles. The number of aromatic hydroxyl groups is 2. The van der Waals surface area contributed by atoms with Crippen molar-refractivity contribution in [3.8, 4) is 11.5 Å². The van der Waals surface area contributed by atoms with E-state index in [1.807, 2.05) is 0 Å². The van der Waals surface area contributed by atoms with E-state index in [-0.39, 0.29) is 36.4 Å². The lowest BCUT2D eigenvalue weighted by Gasteiger charge is -2.39. The van der Waals surface area contributed by atoms with E-state index in [1.54, 1.807) is 0 Å². The Kier molecular flexibility index (Phi) is 4.27. The van der Waals surface area contributed by atoms with Gasteiger partial charge in [-0.1, -0.05) is 0 Å². The summed E-state index contributed by atoms with van der Waals surface area (Å²) < 4.78 is 0. The molecule has 1 aromatic rings. The number of carbonyl (C=O) groups excluding carboxylic acids is 2. The summed E-state index contributed by atoms with van der Waals surface area (Å²) in [5, 5.41) is 63.0. The number of allylic oxidation sites excluding steroid dienone is 2. The first-order chi connectivity index (χ1) is 12.1. The molecule has 0 saturated carbocycles. The highest BCUT2D eigenvalue weighted by Crippen LogP contribution is 2.49. The highest BCUT2D eigenvalue weighted by Gasteiger charge is 2.47. The second-order valence-electron chi connectivity index (χ2n) is 6.66. The van der Waals surface area contributed by atoms with Gasteiger partial charge >= 0.3 is 0 Å². The Bertz CT molecular complexity index is 842. The van der Waals surface area contributed by atoms with E-state index in [0.717, 1.165) is 6.08 Å². The summed E-state index contributed by atoms with van der Waals surface area (Å²) in [6.07, 6.45) is -2.85. The predicted molar refractivity (Wildman–Crippen MR) is 86.9 cm³/mol. The Morgan fingerprint density at radius 3 is 2.46 bits per heavy atom. The van der Waals surface area contributed by atoms with Gasteiger partial charge in [-0.2, -0.15) is 0 Å². The third-order valence-corrected chi connectivity index (χ3v) is 4.78. The van der Waals surface area contributed by atoms with E-state index < -0.39 is 52.0 Å².